The topological polar surface area (TPSA) is 96.9 Å². The van der Waals surface area contributed by atoms with Gasteiger partial charge in [0.15, 0.2) is 23.0 Å². The molecule has 28 heavy (non-hydrogen) atoms. The van der Waals surface area contributed by atoms with Crippen molar-refractivity contribution >= 4 is 18.1 Å². The summed E-state index contributed by atoms with van der Waals surface area (Å²) in [6.07, 6.45) is 0.856. The van der Waals surface area contributed by atoms with Crippen LogP contribution in [0.5, 0.6) is 11.5 Å². The molecule has 0 atom stereocenters. The third kappa shape index (κ3) is 4.48. The Morgan fingerprint density at radius 1 is 1.07 bits per heavy atom. The molecule has 3 rings (SSSR count). The molecule has 0 unspecified atom stereocenters. The summed E-state index contributed by atoms with van der Waals surface area (Å²) in [5, 5.41) is 11.0. The summed E-state index contributed by atoms with van der Waals surface area (Å²) in [6.45, 7) is 3.02. The molecule has 1 N–H and O–H groups in total. The van der Waals surface area contributed by atoms with E-state index < -0.39 is 0 Å². The normalized spacial score (nSPS) is 13.8. The van der Waals surface area contributed by atoms with Gasteiger partial charge in [0.05, 0.1) is 14.2 Å². The lowest BCUT2D eigenvalue weighted by Gasteiger charge is -2.32. The lowest BCUT2D eigenvalue weighted by atomic mass is 10.2. The first-order valence-corrected chi connectivity index (χ1v) is 8.91. The van der Waals surface area contributed by atoms with E-state index in [1.54, 1.807) is 37.3 Å². The van der Waals surface area contributed by atoms with E-state index in [2.05, 4.69) is 15.5 Å². The number of carbonyl (C=O) groups is 2. The van der Waals surface area contributed by atoms with Crippen molar-refractivity contribution in [2.75, 3.05) is 45.3 Å². The van der Waals surface area contributed by atoms with Crippen LogP contribution in [0.25, 0.3) is 0 Å². The highest BCUT2D eigenvalue weighted by molar-refractivity contribution is 5.92. The number of ether oxygens (including phenoxy) is 2. The van der Waals surface area contributed by atoms with Crippen LogP contribution in [0.1, 0.15) is 16.1 Å². The van der Waals surface area contributed by atoms with Crippen LogP contribution < -0.4 is 19.7 Å². The van der Waals surface area contributed by atoms with Crippen LogP contribution in [0.4, 0.5) is 5.82 Å². The van der Waals surface area contributed by atoms with Gasteiger partial charge in [-0.15, -0.1) is 10.2 Å². The summed E-state index contributed by atoms with van der Waals surface area (Å²) in [7, 11) is 3.14. The number of rotatable bonds is 7. The van der Waals surface area contributed by atoms with Gasteiger partial charge in [0.1, 0.15) is 0 Å². The van der Waals surface area contributed by atoms with Gasteiger partial charge in [0.25, 0.3) is 5.91 Å². The van der Waals surface area contributed by atoms with Gasteiger partial charge in [-0.05, 0) is 29.8 Å². The van der Waals surface area contributed by atoms with Crippen LogP contribution in [0.2, 0.25) is 0 Å². The number of amides is 2. The van der Waals surface area contributed by atoms with Gasteiger partial charge >= 0.3 is 0 Å². The first-order chi connectivity index (χ1) is 13.6. The summed E-state index contributed by atoms with van der Waals surface area (Å²) >= 11 is 0. The number of carbonyl (C=O) groups excluding carboxylic acids is 2. The van der Waals surface area contributed by atoms with E-state index in [0.29, 0.717) is 50.0 Å². The minimum atomic E-state index is -0.306. The highest BCUT2D eigenvalue weighted by Gasteiger charge is 2.18. The maximum atomic E-state index is 12.3. The number of aromatic nitrogens is 2. The van der Waals surface area contributed by atoms with Crippen molar-refractivity contribution in [2.45, 2.75) is 6.54 Å². The molecule has 0 aliphatic carbocycles. The average Bonchev–Trinajstić information content (AvgIpc) is 2.77. The molecule has 1 aromatic heterocycles. The second-order valence-corrected chi connectivity index (χ2v) is 6.28. The Labute approximate surface area is 163 Å². The molecule has 1 saturated heterocycles. The zero-order valence-corrected chi connectivity index (χ0v) is 15.9. The Bertz CT molecular complexity index is 820. The fraction of sp³-hybridized carbons (Fsp3) is 0.368. The van der Waals surface area contributed by atoms with Gasteiger partial charge < -0.3 is 24.6 Å². The predicted octanol–water partition coefficient (Wildman–Crippen LogP) is 0.702. The van der Waals surface area contributed by atoms with Crippen LogP contribution in [-0.4, -0.2) is 67.8 Å². The molecule has 2 heterocycles. The number of hydrogen-bond donors (Lipinski definition) is 1. The van der Waals surface area contributed by atoms with Crippen molar-refractivity contribution in [1.29, 1.82) is 0 Å². The second-order valence-electron chi connectivity index (χ2n) is 6.28. The van der Waals surface area contributed by atoms with Gasteiger partial charge in [-0.1, -0.05) is 6.07 Å². The van der Waals surface area contributed by atoms with E-state index >= 15 is 0 Å². The average molecular weight is 385 g/mol. The third-order valence-corrected chi connectivity index (χ3v) is 4.57. The number of nitrogens with zero attached hydrogens (tertiary/aromatic N) is 4. The van der Waals surface area contributed by atoms with Crippen LogP contribution in [0, 0.1) is 0 Å². The molecule has 2 amide bonds. The van der Waals surface area contributed by atoms with Crippen LogP contribution in [-0.2, 0) is 11.3 Å². The first kappa shape index (κ1) is 19.4. The summed E-state index contributed by atoms with van der Waals surface area (Å²) in [6, 6.07) is 8.88. The maximum absolute atomic E-state index is 12.3. The molecule has 1 aromatic carbocycles. The molecule has 148 valence electrons. The van der Waals surface area contributed by atoms with Crippen molar-refractivity contribution in [3.05, 3.63) is 41.6 Å². The Kier molecular flexibility index (Phi) is 6.25. The second kappa shape index (κ2) is 9.03. The monoisotopic (exact) mass is 385 g/mol. The highest BCUT2D eigenvalue weighted by atomic mass is 16.5. The lowest BCUT2D eigenvalue weighted by molar-refractivity contribution is -0.118. The Hall–Kier alpha value is -3.36. The number of anilines is 1. The van der Waals surface area contributed by atoms with Crippen LogP contribution in [0.15, 0.2) is 30.3 Å². The van der Waals surface area contributed by atoms with Crippen molar-refractivity contribution in [1.82, 2.24) is 20.4 Å². The van der Waals surface area contributed by atoms with E-state index in [1.807, 2.05) is 17.0 Å². The molecule has 0 radical (unpaired) electrons. The first-order valence-electron chi connectivity index (χ1n) is 8.91. The fourth-order valence-corrected chi connectivity index (χ4v) is 2.93. The number of hydrogen-bond acceptors (Lipinski definition) is 7. The van der Waals surface area contributed by atoms with Crippen molar-refractivity contribution in [3.63, 3.8) is 0 Å². The number of nitrogens with one attached hydrogen (secondary N) is 1. The molecular weight excluding hydrogens is 362 g/mol. The maximum Gasteiger partial charge on any atom is 0.272 e. The van der Waals surface area contributed by atoms with E-state index in [0.717, 1.165) is 12.0 Å². The van der Waals surface area contributed by atoms with E-state index in [4.69, 9.17) is 9.47 Å². The number of methoxy groups -OCH3 is 2. The number of benzene rings is 1. The minimum absolute atomic E-state index is 0.246. The van der Waals surface area contributed by atoms with E-state index in [-0.39, 0.29) is 11.6 Å². The van der Waals surface area contributed by atoms with E-state index in [9.17, 15) is 9.59 Å². The van der Waals surface area contributed by atoms with Crippen LogP contribution >= 0.6 is 0 Å². The molecule has 1 aliphatic heterocycles. The van der Waals surface area contributed by atoms with Crippen molar-refractivity contribution in [2.24, 2.45) is 0 Å². The Morgan fingerprint density at radius 2 is 1.82 bits per heavy atom. The molecule has 0 spiro atoms. The summed E-state index contributed by atoms with van der Waals surface area (Å²) in [5.41, 5.74) is 1.12. The molecule has 0 bridgehead atoms. The fourth-order valence-electron chi connectivity index (χ4n) is 2.93. The SMILES string of the molecule is COc1ccc(CNC(=O)c2ccc(N3CCN(C=O)CC3)nn2)cc1OC. The zero-order valence-electron chi connectivity index (χ0n) is 15.9. The molecular formula is C19H23N5O4. The number of piperazine rings is 1. The van der Waals surface area contributed by atoms with Gasteiger partial charge in [0.2, 0.25) is 6.41 Å². The Balaban J connectivity index is 1.57. The molecule has 2 aromatic rings. The van der Waals surface area contributed by atoms with Crippen LogP contribution in [0.3, 0.4) is 0 Å². The highest BCUT2D eigenvalue weighted by Crippen LogP contribution is 2.27. The largest absolute Gasteiger partial charge is 0.493 e. The van der Waals surface area contributed by atoms with Crippen molar-refractivity contribution in [3.8, 4) is 11.5 Å². The van der Waals surface area contributed by atoms with Gasteiger partial charge in [-0.3, -0.25) is 9.59 Å². The van der Waals surface area contributed by atoms with Gasteiger partial charge in [0, 0.05) is 32.7 Å². The smallest absolute Gasteiger partial charge is 0.272 e. The molecule has 1 fully saturated rings. The molecule has 9 nitrogen and oxygen atoms in total. The van der Waals surface area contributed by atoms with Crippen molar-refractivity contribution < 1.29 is 19.1 Å². The standard InChI is InChI=1S/C19H23N5O4/c1-27-16-5-3-14(11-17(16)28-2)12-20-19(26)15-4-6-18(22-21-15)24-9-7-23(13-25)8-10-24/h3-6,11,13H,7-10,12H2,1-2H3,(H,20,26). The quantitative estimate of drug-likeness (QED) is 0.701. The minimum Gasteiger partial charge on any atom is -0.493 e. The zero-order chi connectivity index (χ0) is 19.9. The summed E-state index contributed by atoms with van der Waals surface area (Å²) < 4.78 is 10.5. The van der Waals surface area contributed by atoms with E-state index in [1.165, 1.54) is 0 Å². The molecule has 1 aliphatic rings. The van der Waals surface area contributed by atoms with Gasteiger partial charge in [-0.2, -0.15) is 0 Å². The lowest BCUT2D eigenvalue weighted by Crippen LogP contribution is -2.46. The molecule has 0 saturated carbocycles. The predicted molar refractivity (Wildman–Crippen MR) is 103 cm³/mol. The third-order valence-electron chi connectivity index (χ3n) is 4.57. The van der Waals surface area contributed by atoms with Gasteiger partial charge in [-0.25, -0.2) is 0 Å². The molecule has 9 heteroatoms. The summed E-state index contributed by atoms with van der Waals surface area (Å²) in [4.78, 5) is 26.9. The Morgan fingerprint density at radius 3 is 2.43 bits per heavy atom. The summed E-state index contributed by atoms with van der Waals surface area (Å²) in [5.74, 6) is 1.63.